The van der Waals surface area contributed by atoms with Gasteiger partial charge < -0.3 is 11.1 Å². The van der Waals surface area contributed by atoms with Crippen molar-refractivity contribution in [3.8, 4) is 9.88 Å². The van der Waals surface area contributed by atoms with Gasteiger partial charge in [-0.3, -0.25) is 0 Å². The molecule has 0 aliphatic heterocycles. The van der Waals surface area contributed by atoms with Crippen molar-refractivity contribution in [1.29, 1.82) is 0 Å². The van der Waals surface area contributed by atoms with Crippen molar-refractivity contribution in [3.05, 3.63) is 58.4 Å². The van der Waals surface area contributed by atoms with Crippen molar-refractivity contribution in [2.24, 2.45) is 0 Å². The quantitative estimate of drug-likeness (QED) is 0.701. The van der Waals surface area contributed by atoms with Crippen molar-refractivity contribution >= 4 is 28.4 Å². The van der Waals surface area contributed by atoms with E-state index in [0.717, 1.165) is 22.8 Å². The van der Waals surface area contributed by atoms with Crippen LogP contribution in [0.3, 0.4) is 0 Å². The lowest BCUT2D eigenvalue weighted by molar-refractivity contribution is 0.579. The van der Waals surface area contributed by atoms with Crippen molar-refractivity contribution in [1.82, 2.24) is 10.3 Å². The third kappa shape index (κ3) is 3.32. The summed E-state index contributed by atoms with van der Waals surface area (Å²) >= 11 is 3.43. The fourth-order valence-electron chi connectivity index (χ4n) is 2.20. The van der Waals surface area contributed by atoms with Crippen LogP contribution in [0.25, 0.3) is 9.88 Å². The summed E-state index contributed by atoms with van der Waals surface area (Å²) in [5.41, 5.74) is 8.89. The largest absolute Gasteiger partial charge is 0.399 e. The summed E-state index contributed by atoms with van der Waals surface area (Å²) in [5, 5.41) is 8.68. The van der Waals surface area contributed by atoms with E-state index < -0.39 is 0 Å². The molecule has 0 spiro atoms. The van der Waals surface area contributed by atoms with Crippen LogP contribution in [0.2, 0.25) is 0 Å². The first-order chi connectivity index (χ1) is 10.3. The number of aromatic nitrogens is 1. The fourth-order valence-corrected chi connectivity index (χ4v) is 3.89. The normalized spacial score (nSPS) is 12.4. The Labute approximate surface area is 132 Å². The molecule has 5 heteroatoms. The number of thiazole rings is 1. The summed E-state index contributed by atoms with van der Waals surface area (Å²) in [6, 6.07) is 12.4. The van der Waals surface area contributed by atoms with E-state index in [1.807, 2.05) is 19.2 Å². The third-order valence-corrected chi connectivity index (χ3v) is 5.28. The second-order valence-corrected chi connectivity index (χ2v) is 6.65. The van der Waals surface area contributed by atoms with Gasteiger partial charge in [-0.2, -0.15) is 0 Å². The summed E-state index contributed by atoms with van der Waals surface area (Å²) in [6.45, 7) is 0. The smallest absolute Gasteiger partial charge is 0.133 e. The Morgan fingerprint density at radius 2 is 2.00 bits per heavy atom. The zero-order valence-corrected chi connectivity index (χ0v) is 13.4. The van der Waals surface area contributed by atoms with E-state index in [9.17, 15) is 0 Å². The van der Waals surface area contributed by atoms with Crippen molar-refractivity contribution in [3.63, 3.8) is 0 Å². The molecule has 3 aromatic rings. The standard InChI is InChI=1S/C16H17N3S2/c1-18-13(9-11-4-6-12(17)7-5-11)14-10-21-16(19-14)15-3-2-8-20-15/h2-8,10,13,18H,9,17H2,1H3. The molecule has 108 valence electrons. The van der Waals surface area contributed by atoms with Crippen molar-refractivity contribution in [2.45, 2.75) is 12.5 Å². The van der Waals surface area contributed by atoms with Crippen LogP contribution in [0.15, 0.2) is 47.2 Å². The second kappa shape index (κ2) is 6.39. The predicted molar refractivity (Wildman–Crippen MR) is 91.8 cm³/mol. The molecular weight excluding hydrogens is 298 g/mol. The molecule has 0 fully saturated rings. The highest BCUT2D eigenvalue weighted by atomic mass is 32.1. The SMILES string of the molecule is CNC(Cc1ccc(N)cc1)c1csc(-c2cccs2)n1. The Kier molecular flexibility index (Phi) is 4.34. The minimum absolute atomic E-state index is 0.221. The molecule has 0 amide bonds. The van der Waals surface area contributed by atoms with Crippen LogP contribution in [-0.2, 0) is 6.42 Å². The molecule has 0 aliphatic carbocycles. The van der Waals surface area contributed by atoms with Gasteiger partial charge in [0.25, 0.3) is 0 Å². The van der Waals surface area contributed by atoms with E-state index in [4.69, 9.17) is 10.7 Å². The maximum Gasteiger partial charge on any atom is 0.133 e. The fraction of sp³-hybridized carbons (Fsp3) is 0.188. The average Bonchev–Trinajstić information content (AvgIpc) is 3.17. The van der Waals surface area contributed by atoms with Crippen LogP contribution in [-0.4, -0.2) is 12.0 Å². The molecule has 0 radical (unpaired) electrons. The van der Waals surface area contributed by atoms with Gasteiger partial charge in [-0.05, 0) is 42.6 Å². The number of nitrogen functional groups attached to an aromatic ring is 1. The van der Waals surface area contributed by atoms with Crippen LogP contribution >= 0.6 is 22.7 Å². The number of hydrogen-bond donors (Lipinski definition) is 2. The number of nitrogens with two attached hydrogens (primary N) is 1. The molecule has 2 aromatic heterocycles. The van der Waals surface area contributed by atoms with Crippen molar-refractivity contribution in [2.75, 3.05) is 12.8 Å². The van der Waals surface area contributed by atoms with Crippen LogP contribution in [0.5, 0.6) is 0 Å². The molecule has 1 aromatic carbocycles. The van der Waals surface area contributed by atoms with E-state index in [1.54, 1.807) is 22.7 Å². The van der Waals surface area contributed by atoms with Gasteiger partial charge in [-0.1, -0.05) is 18.2 Å². The Balaban J connectivity index is 1.78. The number of hydrogen-bond acceptors (Lipinski definition) is 5. The molecule has 0 saturated carbocycles. The van der Waals surface area contributed by atoms with E-state index >= 15 is 0 Å². The van der Waals surface area contributed by atoms with Crippen LogP contribution < -0.4 is 11.1 Å². The van der Waals surface area contributed by atoms with Gasteiger partial charge in [-0.15, -0.1) is 22.7 Å². The lowest BCUT2D eigenvalue weighted by Crippen LogP contribution is -2.19. The molecule has 21 heavy (non-hydrogen) atoms. The zero-order chi connectivity index (χ0) is 14.7. The Hall–Kier alpha value is -1.69. The first-order valence-electron chi connectivity index (χ1n) is 6.77. The summed E-state index contributed by atoms with van der Waals surface area (Å²) in [5.74, 6) is 0. The van der Waals surface area contributed by atoms with E-state index in [-0.39, 0.29) is 6.04 Å². The van der Waals surface area contributed by atoms with Gasteiger partial charge in [0.05, 0.1) is 16.6 Å². The Bertz CT molecular complexity index is 687. The van der Waals surface area contributed by atoms with Crippen LogP contribution in [0, 0.1) is 0 Å². The molecule has 2 heterocycles. The van der Waals surface area contributed by atoms with E-state index in [2.05, 4.69) is 40.3 Å². The number of likely N-dealkylation sites (N-methyl/N-ethyl adjacent to an activating group) is 1. The molecule has 3 N–H and O–H groups in total. The number of benzene rings is 1. The maximum absolute atomic E-state index is 5.73. The van der Waals surface area contributed by atoms with Gasteiger partial charge in [-0.25, -0.2) is 4.98 Å². The summed E-state index contributed by atoms with van der Waals surface area (Å²) in [6.07, 6.45) is 0.907. The summed E-state index contributed by atoms with van der Waals surface area (Å²) < 4.78 is 0. The van der Waals surface area contributed by atoms with Gasteiger partial charge in [0.2, 0.25) is 0 Å². The number of anilines is 1. The zero-order valence-electron chi connectivity index (χ0n) is 11.7. The first kappa shape index (κ1) is 14.3. The molecule has 1 atom stereocenters. The first-order valence-corrected chi connectivity index (χ1v) is 8.53. The predicted octanol–water partition coefficient (Wildman–Crippen LogP) is 3.96. The Morgan fingerprint density at radius 1 is 1.19 bits per heavy atom. The highest BCUT2D eigenvalue weighted by Crippen LogP contribution is 2.30. The topological polar surface area (TPSA) is 50.9 Å². The third-order valence-electron chi connectivity index (χ3n) is 3.38. The van der Waals surface area contributed by atoms with Gasteiger partial charge >= 0.3 is 0 Å². The van der Waals surface area contributed by atoms with E-state index in [1.165, 1.54) is 10.4 Å². The minimum atomic E-state index is 0.221. The van der Waals surface area contributed by atoms with Gasteiger partial charge in [0, 0.05) is 11.1 Å². The maximum atomic E-state index is 5.73. The number of nitrogens with zero attached hydrogens (tertiary/aromatic N) is 1. The number of rotatable bonds is 5. The van der Waals surface area contributed by atoms with Gasteiger partial charge in [0.1, 0.15) is 5.01 Å². The highest BCUT2D eigenvalue weighted by molar-refractivity contribution is 7.20. The lowest BCUT2D eigenvalue weighted by Gasteiger charge is -2.14. The van der Waals surface area contributed by atoms with E-state index in [0.29, 0.717) is 0 Å². The van der Waals surface area contributed by atoms with Crippen LogP contribution in [0.1, 0.15) is 17.3 Å². The average molecular weight is 315 g/mol. The highest BCUT2D eigenvalue weighted by Gasteiger charge is 2.15. The van der Waals surface area contributed by atoms with Crippen LogP contribution in [0.4, 0.5) is 5.69 Å². The Morgan fingerprint density at radius 3 is 2.67 bits per heavy atom. The molecular formula is C16H17N3S2. The lowest BCUT2D eigenvalue weighted by atomic mass is 10.0. The molecule has 3 nitrogen and oxygen atoms in total. The summed E-state index contributed by atoms with van der Waals surface area (Å²) in [4.78, 5) is 6.01. The molecule has 1 unspecified atom stereocenters. The molecule has 0 bridgehead atoms. The molecule has 0 aliphatic rings. The monoisotopic (exact) mass is 315 g/mol. The molecule has 3 rings (SSSR count). The van der Waals surface area contributed by atoms with Gasteiger partial charge in [0.15, 0.2) is 0 Å². The number of nitrogens with one attached hydrogen (secondary N) is 1. The molecule has 0 saturated heterocycles. The second-order valence-electron chi connectivity index (χ2n) is 4.84. The number of thiophene rings is 1. The minimum Gasteiger partial charge on any atom is -0.399 e. The summed E-state index contributed by atoms with van der Waals surface area (Å²) in [7, 11) is 1.98. The van der Waals surface area contributed by atoms with Crippen molar-refractivity contribution < 1.29 is 0 Å².